The van der Waals surface area contributed by atoms with E-state index < -0.39 is 6.04 Å². The topological polar surface area (TPSA) is 59.1 Å². The van der Waals surface area contributed by atoms with Crippen LogP contribution in [0.3, 0.4) is 0 Å². The van der Waals surface area contributed by atoms with Gasteiger partial charge >= 0.3 is 0 Å². The zero-order chi connectivity index (χ0) is 18.8. The summed E-state index contributed by atoms with van der Waals surface area (Å²) in [6, 6.07) is 3.00. The molecule has 26 heavy (non-hydrogen) atoms. The summed E-state index contributed by atoms with van der Waals surface area (Å²) < 4.78 is 11.1. The summed E-state index contributed by atoms with van der Waals surface area (Å²) in [6.07, 6.45) is 0.136. The maximum Gasteiger partial charge on any atom is 0.245 e. The first-order valence-electron chi connectivity index (χ1n) is 9.03. The van der Waals surface area contributed by atoms with Crippen LogP contribution >= 0.6 is 11.6 Å². The standard InChI is InChI=1S/C19H25ClN2O4/c1-12(2)11-21-4-5-22(13(3)19(21)24)18(23)9-14-8-16-17(10-15(14)20)26-7-6-25-16/h8,10,12-13H,4-7,9,11H2,1-3H3/t13-/m0/s1. The van der Waals surface area contributed by atoms with Crippen LogP contribution in [0.2, 0.25) is 5.02 Å². The predicted octanol–water partition coefficient (Wildman–Crippen LogP) is 2.37. The Morgan fingerprint density at radius 1 is 1.23 bits per heavy atom. The molecule has 142 valence electrons. The Morgan fingerprint density at radius 2 is 1.88 bits per heavy atom. The van der Waals surface area contributed by atoms with Gasteiger partial charge in [0.05, 0.1) is 6.42 Å². The lowest BCUT2D eigenvalue weighted by Crippen LogP contribution is -2.58. The number of hydrogen-bond donors (Lipinski definition) is 0. The van der Waals surface area contributed by atoms with Crippen molar-refractivity contribution in [3.8, 4) is 11.5 Å². The molecule has 2 aliphatic rings. The Hall–Kier alpha value is -1.95. The molecule has 0 bridgehead atoms. The third kappa shape index (κ3) is 3.90. The molecule has 3 rings (SSSR count). The number of hydrogen-bond acceptors (Lipinski definition) is 4. The first-order valence-corrected chi connectivity index (χ1v) is 9.41. The molecular weight excluding hydrogens is 356 g/mol. The smallest absolute Gasteiger partial charge is 0.245 e. The second-order valence-electron chi connectivity index (χ2n) is 7.21. The summed E-state index contributed by atoms with van der Waals surface area (Å²) >= 11 is 6.31. The van der Waals surface area contributed by atoms with Crippen molar-refractivity contribution in [2.75, 3.05) is 32.8 Å². The van der Waals surface area contributed by atoms with Gasteiger partial charge in [-0.3, -0.25) is 9.59 Å². The number of amides is 2. The van der Waals surface area contributed by atoms with Gasteiger partial charge in [-0.15, -0.1) is 0 Å². The second-order valence-corrected chi connectivity index (χ2v) is 7.61. The van der Waals surface area contributed by atoms with E-state index in [9.17, 15) is 9.59 Å². The van der Waals surface area contributed by atoms with Crippen molar-refractivity contribution in [3.05, 3.63) is 22.7 Å². The molecule has 2 amide bonds. The first kappa shape index (κ1) is 18.8. The number of carbonyl (C=O) groups is 2. The number of nitrogens with zero attached hydrogens (tertiary/aromatic N) is 2. The third-order valence-electron chi connectivity index (χ3n) is 4.71. The van der Waals surface area contributed by atoms with Gasteiger partial charge in [-0.05, 0) is 24.5 Å². The van der Waals surface area contributed by atoms with Crippen molar-refractivity contribution >= 4 is 23.4 Å². The highest BCUT2D eigenvalue weighted by atomic mass is 35.5. The zero-order valence-electron chi connectivity index (χ0n) is 15.5. The molecule has 0 saturated carbocycles. The van der Waals surface area contributed by atoms with Crippen LogP contribution in [0, 0.1) is 5.92 Å². The average molecular weight is 381 g/mol. The molecule has 0 aromatic heterocycles. The fourth-order valence-electron chi connectivity index (χ4n) is 3.40. The van der Waals surface area contributed by atoms with Crippen molar-refractivity contribution in [2.45, 2.75) is 33.2 Å². The van der Waals surface area contributed by atoms with E-state index in [-0.39, 0.29) is 18.2 Å². The molecule has 1 fully saturated rings. The summed E-state index contributed by atoms with van der Waals surface area (Å²) in [7, 11) is 0. The van der Waals surface area contributed by atoms with Gasteiger partial charge in [-0.1, -0.05) is 25.4 Å². The fourth-order valence-corrected chi connectivity index (χ4v) is 3.62. The molecule has 0 N–H and O–H groups in total. The predicted molar refractivity (Wildman–Crippen MR) is 98.7 cm³/mol. The van der Waals surface area contributed by atoms with Gasteiger partial charge in [-0.2, -0.15) is 0 Å². The number of piperazine rings is 1. The summed E-state index contributed by atoms with van der Waals surface area (Å²) in [5, 5.41) is 0.472. The summed E-state index contributed by atoms with van der Waals surface area (Å²) in [4.78, 5) is 28.8. The highest BCUT2D eigenvalue weighted by molar-refractivity contribution is 6.31. The van der Waals surface area contributed by atoms with Crippen LogP contribution in [-0.4, -0.2) is 60.5 Å². The molecule has 1 atom stereocenters. The number of carbonyl (C=O) groups excluding carboxylic acids is 2. The first-order chi connectivity index (χ1) is 12.4. The van der Waals surface area contributed by atoms with Crippen LogP contribution in [0.15, 0.2) is 12.1 Å². The number of ether oxygens (including phenoxy) is 2. The van der Waals surface area contributed by atoms with Gasteiger partial charge in [0, 0.05) is 30.7 Å². The van der Waals surface area contributed by atoms with E-state index in [1.807, 2.05) is 4.90 Å². The minimum Gasteiger partial charge on any atom is -0.486 e. The monoisotopic (exact) mass is 380 g/mol. The lowest BCUT2D eigenvalue weighted by atomic mass is 10.1. The molecule has 1 aromatic carbocycles. The molecule has 0 radical (unpaired) electrons. The van der Waals surface area contributed by atoms with Crippen molar-refractivity contribution in [1.29, 1.82) is 0 Å². The maximum absolute atomic E-state index is 12.8. The Bertz CT molecular complexity index is 707. The van der Waals surface area contributed by atoms with E-state index in [1.165, 1.54) is 0 Å². The second kappa shape index (κ2) is 7.74. The fraction of sp³-hybridized carbons (Fsp3) is 0.579. The minimum absolute atomic E-state index is 0.00608. The van der Waals surface area contributed by atoms with Crippen LogP contribution in [0.5, 0.6) is 11.5 Å². The Morgan fingerprint density at radius 3 is 2.54 bits per heavy atom. The number of fused-ring (bicyclic) bond motifs is 1. The van der Waals surface area contributed by atoms with Crippen molar-refractivity contribution in [3.63, 3.8) is 0 Å². The van der Waals surface area contributed by atoms with E-state index in [0.717, 1.165) is 6.54 Å². The number of rotatable bonds is 4. The molecule has 0 unspecified atom stereocenters. The Labute approximate surface area is 159 Å². The van der Waals surface area contributed by atoms with Crippen molar-refractivity contribution in [2.24, 2.45) is 5.92 Å². The average Bonchev–Trinajstić information content (AvgIpc) is 2.59. The highest BCUT2D eigenvalue weighted by Crippen LogP contribution is 2.35. The zero-order valence-corrected chi connectivity index (χ0v) is 16.2. The van der Waals surface area contributed by atoms with E-state index in [2.05, 4.69) is 13.8 Å². The summed E-state index contributed by atoms with van der Waals surface area (Å²) in [5.74, 6) is 1.52. The number of halogens is 1. The molecule has 2 heterocycles. The normalized spacial score (nSPS) is 19.9. The molecule has 1 saturated heterocycles. The molecule has 0 aliphatic carbocycles. The van der Waals surface area contributed by atoms with Crippen molar-refractivity contribution < 1.29 is 19.1 Å². The van der Waals surface area contributed by atoms with Crippen LogP contribution < -0.4 is 9.47 Å². The lowest BCUT2D eigenvalue weighted by Gasteiger charge is -2.40. The molecule has 7 heteroatoms. The molecule has 6 nitrogen and oxygen atoms in total. The lowest BCUT2D eigenvalue weighted by molar-refractivity contribution is -0.150. The van der Waals surface area contributed by atoms with E-state index in [0.29, 0.717) is 54.3 Å². The Balaban J connectivity index is 1.70. The van der Waals surface area contributed by atoms with Crippen LogP contribution in [0.25, 0.3) is 0 Å². The Kier molecular flexibility index (Phi) is 5.61. The minimum atomic E-state index is -0.453. The van der Waals surface area contributed by atoms with Gasteiger partial charge in [0.2, 0.25) is 11.8 Å². The maximum atomic E-state index is 12.8. The van der Waals surface area contributed by atoms with Gasteiger partial charge in [0.25, 0.3) is 0 Å². The highest BCUT2D eigenvalue weighted by Gasteiger charge is 2.34. The molecular formula is C19H25ClN2O4. The third-order valence-corrected chi connectivity index (χ3v) is 5.06. The molecule has 0 spiro atoms. The van der Waals surface area contributed by atoms with Gasteiger partial charge in [-0.25, -0.2) is 0 Å². The molecule has 1 aromatic rings. The van der Waals surface area contributed by atoms with E-state index >= 15 is 0 Å². The van der Waals surface area contributed by atoms with E-state index in [4.69, 9.17) is 21.1 Å². The van der Waals surface area contributed by atoms with Gasteiger partial charge in [0.1, 0.15) is 19.3 Å². The van der Waals surface area contributed by atoms with Crippen LogP contribution in [-0.2, 0) is 16.0 Å². The quantitative estimate of drug-likeness (QED) is 0.804. The number of benzene rings is 1. The van der Waals surface area contributed by atoms with Crippen LogP contribution in [0.1, 0.15) is 26.3 Å². The SMILES string of the molecule is CC(C)CN1CCN(C(=O)Cc2cc3c(cc2Cl)OCCO3)[C@@H](C)C1=O. The van der Waals surface area contributed by atoms with Crippen molar-refractivity contribution in [1.82, 2.24) is 9.80 Å². The van der Waals surface area contributed by atoms with Gasteiger partial charge in [0.15, 0.2) is 11.5 Å². The van der Waals surface area contributed by atoms with Gasteiger partial charge < -0.3 is 19.3 Å². The van der Waals surface area contributed by atoms with Crippen LogP contribution in [0.4, 0.5) is 0 Å². The van der Waals surface area contributed by atoms with E-state index in [1.54, 1.807) is 24.0 Å². The summed E-state index contributed by atoms with van der Waals surface area (Å²) in [5.41, 5.74) is 0.685. The largest absolute Gasteiger partial charge is 0.486 e. The molecule has 2 aliphatic heterocycles. The summed E-state index contributed by atoms with van der Waals surface area (Å²) in [6.45, 7) is 8.76.